The second-order valence-electron chi connectivity index (χ2n) is 4.58. The second kappa shape index (κ2) is 5.05. The molecule has 1 rings (SSSR count). The molecule has 0 aliphatic carbocycles. The zero-order valence-corrected chi connectivity index (χ0v) is 10.7. The first-order valence-corrected chi connectivity index (χ1v) is 6.13. The summed E-state index contributed by atoms with van der Waals surface area (Å²) >= 11 is 1.63. The van der Waals surface area contributed by atoms with Gasteiger partial charge in [0.15, 0.2) is 0 Å². The SMILES string of the molecule is CCOC(c1nc(CN)cs1)C(C)(C)C. The van der Waals surface area contributed by atoms with E-state index in [9.17, 15) is 0 Å². The molecule has 2 N–H and O–H groups in total. The molecule has 0 amide bonds. The number of rotatable bonds is 4. The molecule has 0 saturated carbocycles. The van der Waals surface area contributed by atoms with E-state index in [0.29, 0.717) is 13.2 Å². The fourth-order valence-electron chi connectivity index (χ4n) is 1.40. The van der Waals surface area contributed by atoms with Gasteiger partial charge in [0.2, 0.25) is 0 Å². The molecule has 15 heavy (non-hydrogen) atoms. The molecule has 4 heteroatoms. The van der Waals surface area contributed by atoms with Gasteiger partial charge in [0.25, 0.3) is 0 Å². The maximum absolute atomic E-state index is 5.76. The van der Waals surface area contributed by atoms with Crippen molar-refractivity contribution in [3.05, 3.63) is 16.1 Å². The molecule has 0 spiro atoms. The highest BCUT2D eigenvalue weighted by Gasteiger charge is 2.29. The van der Waals surface area contributed by atoms with Crippen LogP contribution in [0.2, 0.25) is 0 Å². The van der Waals surface area contributed by atoms with Gasteiger partial charge in [-0.05, 0) is 12.3 Å². The van der Waals surface area contributed by atoms with E-state index in [-0.39, 0.29) is 11.5 Å². The van der Waals surface area contributed by atoms with Gasteiger partial charge in [0.05, 0.1) is 5.69 Å². The van der Waals surface area contributed by atoms with E-state index in [1.807, 2.05) is 12.3 Å². The third-order valence-corrected chi connectivity index (χ3v) is 3.06. The Morgan fingerprint density at radius 1 is 1.53 bits per heavy atom. The highest BCUT2D eigenvalue weighted by atomic mass is 32.1. The number of hydrogen-bond donors (Lipinski definition) is 1. The smallest absolute Gasteiger partial charge is 0.122 e. The van der Waals surface area contributed by atoms with Crippen molar-refractivity contribution >= 4 is 11.3 Å². The third-order valence-electron chi connectivity index (χ3n) is 2.12. The minimum atomic E-state index is 0.0628. The largest absolute Gasteiger partial charge is 0.371 e. The number of hydrogen-bond acceptors (Lipinski definition) is 4. The third kappa shape index (κ3) is 3.26. The van der Waals surface area contributed by atoms with Gasteiger partial charge in [0, 0.05) is 18.5 Å². The van der Waals surface area contributed by atoms with E-state index in [0.717, 1.165) is 10.7 Å². The Bertz CT molecular complexity index is 304. The Kier molecular flexibility index (Phi) is 4.25. The van der Waals surface area contributed by atoms with Crippen molar-refractivity contribution in [2.45, 2.75) is 40.3 Å². The molecule has 0 saturated heterocycles. The quantitative estimate of drug-likeness (QED) is 0.862. The van der Waals surface area contributed by atoms with E-state index >= 15 is 0 Å². The molecule has 0 fully saturated rings. The molecule has 1 atom stereocenters. The molecule has 1 aromatic heterocycles. The fourth-order valence-corrected chi connectivity index (χ4v) is 2.52. The van der Waals surface area contributed by atoms with E-state index in [4.69, 9.17) is 10.5 Å². The van der Waals surface area contributed by atoms with Gasteiger partial charge in [-0.25, -0.2) is 4.98 Å². The first-order chi connectivity index (χ1) is 6.99. The van der Waals surface area contributed by atoms with E-state index in [2.05, 4.69) is 25.8 Å². The van der Waals surface area contributed by atoms with Gasteiger partial charge in [-0.15, -0.1) is 11.3 Å². The Labute approximate surface area is 95.7 Å². The lowest BCUT2D eigenvalue weighted by Crippen LogP contribution is -2.21. The van der Waals surface area contributed by atoms with Gasteiger partial charge < -0.3 is 10.5 Å². The van der Waals surface area contributed by atoms with Gasteiger partial charge in [0.1, 0.15) is 11.1 Å². The normalized spacial score (nSPS) is 14.2. The second-order valence-corrected chi connectivity index (χ2v) is 5.47. The lowest BCUT2D eigenvalue weighted by Gasteiger charge is -2.28. The minimum absolute atomic E-state index is 0.0628. The number of thiazole rings is 1. The molecule has 0 aliphatic rings. The summed E-state index contributed by atoms with van der Waals surface area (Å²) in [6, 6.07) is 0. The summed E-state index contributed by atoms with van der Waals surface area (Å²) in [6.45, 7) is 9.71. The molecule has 0 aromatic carbocycles. The Morgan fingerprint density at radius 2 is 2.20 bits per heavy atom. The predicted molar refractivity (Wildman–Crippen MR) is 63.8 cm³/mol. The molecule has 86 valence electrons. The summed E-state index contributed by atoms with van der Waals surface area (Å²) in [4.78, 5) is 4.48. The molecule has 1 heterocycles. The van der Waals surface area contributed by atoms with Crippen LogP contribution in [0, 0.1) is 5.41 Å². The molecule has 3 nitrogen and oxygen atoms in total. The van der Waals surface area contributed by atoms with Crippen molar-refractivity contribution in [2.24, 2.45) is 11.1 Å². The van der Waals surface area contributed by atoms with Crippen LogP contribution >= 0.6 is 11.3 Å². The summed E-state index contributed by atoms with van der Waals surface area (Å²) in [7, 11) is 0. The monoisotopic (exact) mass is 228 g/mol. The van der Waals surface area contributed by atoms with Gasteiger partial charge in [-0.2, -0.15) is 0 Å². The highest BCUT2D eigenvalue weighted by molar-refractivity contribution is 7.09. The summed E-state index contributed by atoms with van der Waals surface area (Å²) in [5.41, 5.74) is 6.57. The first-order valence-electron chi connectivity index (χ1n) is 5.25. The average molecular weight is 228 g/mol. The zero-order chi connectivity index (χ0) is 11.5. The lowest BCUT2D eigenvalue weighted by atomic mass is 9.89. The summed E-state index contributed by atoms with van der Waals surface area (Å²) in [6.07, 6.45) is 0.0628. The van der Waals surface area contributed by atoms with Crippen molar-refractivity contribution < 1.29 is 4.74 Å². The highest BCUT2D eigenvalue weighted by Crippen LogP contribution is 2.37. The van der Waals surface area contributed by atoms with Crippen LogP contribution < -0.4 is 5.73 Å². The van der Waals surface area contributed by atoms with Crippen molar-refractivity contribution in [2.75, 3.05) is 6.61 Å². The molecule has 1 unspecified atom stereocenters. The van der Waals surface area contributed by atoms with Crippen molar-refractivity contribution in [1.82, 2.24) is 4.98 Å². The standard InChI is InChI=1S/C11H20N2OS/c1-5-14-9(11(2,3)4)10-13-8(6-12)7-15-10/h7,9H,5-6,12H2,1-4H3. The summed E-state index contributed by atoms with van der Waals surface area (Å²) in [5, 5.41) is 3.04. The Hall–Kier alpha value is -0.450. The summed E-state index contributed by atoms with van der Waals surface area (Å²) in [5.74, 6) is 0. The van der Waals surface area contributed by atoms with E-state index < -0.39 is 0 Å². The number of nitrogens with two attached hydrogens (primary N) is 1. The first kappa shape index (κ1) is 12.6. The average Bonchev–Trinajstić information content (AvgIpc) is 2.60. The summed E-state index contributed by atoms with van der Waals surface area (Å²) < 4.78 is 5.76. The van der Waals surface area contributed by atoms with Crippen molar-refractivity contribution in [1.29, 1.82) is 0 Å². The number of ether oxygens (including phenoxy) is 1. The molecule has 0 radical (unpaired) electrons. The maximum Gasteiger partial charge on any atom is 0.122 e. The Balaban J connectivity index is 2.88. The van der Waals surface area contributed by atoms with Gasteiger partial charge in [-0.1, -0.05) is 20.8 Å². The van der Waals surface area contributed by atoms with E-state index in [1.165, 1.54) is 0 Å². The van der Waals surface area contributed by atoms with Gasteiger partial charge in [-0.3, -0.25) is 0 Å². The van der Waals surface area contributed by atoms with Crippen LogP contribution in [0.25, 0.3) is 0 Å². The van der Waals surface area contributed by atoms with E-state index in [1.54, 1.807) is 11.3 Å². The predicted octanol–water partition coefficient (Wildman–Crippen LogP) is 2.73. The van der Waals surface area contributed by atoms with Crippen LogP contribution in [0.15, 0.2) is 5.38 Å². The maximum atomic E-state index is 5.76. The van der Waals surface area contributed by atoms with Crippen molar-refractivity contribution in [3.8, 4) is 0 Å². The molecular formula is C11H20N2OS. The fraction of sp³-hybridized carbons (Fsp3) is 0.727. The zero-order valence-electron chi connectivity index (χ0n) is 9.91. The van der Waals surface area contributed by atoms with Crippen LogP contribution in [0.4, 0.5) is 0 Å². The molecule has 1 aromatic rings. The molecular weight excluding hydrogens is 208 g/mol. The lowest BCUT2D eigenvalue weighted by molar-refractivity contribution is -0.0134. The molecule has 0 aliphatic heterocycles. The molecule has 0 bridgehead atoms. The van der Waals surface area contributed by atoms with Crippen LogP contribution in [0.1, 0.15) is 44.5 Å². The van der Waals surface area contributed by atoms with Crippen LogP contribution in [-0.4, -0.2) is 11.6 Å². The van der Waals surface area contributed by atoms with Crippen LogP contribution in [0.5, 0.6) is 0 Å². The van der Waals surface area contributed by atoms with Crippen molar-refractivity contribution in [3.63, 3.8) is 0 Å². The topological polar surface area (TPSA) is 48.1 Å². The minimum Gasteiger partial charge on any atom is -0.371 e. The number of aromatic nitrogens is 1. The van der Waals surface area contributed by atoms with Gasteiger partial charge >= 0.3 is 0 Å². The Morgan fingerprint density at radius 3 is 2.60 bits per heavy atom. The van der Waals surface area contributed by atoms with Crippen LogP contribution in [0.3, 0.4) is 0 Å². The van der Waals surface area contributed by atoms with Crippen LogP contribution in [-0.2, 0) is 11.3 Å². The number of nitrogens with zero attached hydrogens (tertiary/aromatic N) is 1.